The lowest BCUT2D eigenvalue weighted by molar-refractivity contribution is -0.391. The SMILES string of the molecule is C=CCOc1ccc(CN(C)C(=O)N=c2sc(C)cn2-c2ccc3c(c2)OC(F)(F)C(F)(F)O3)cc1. The fourth-order valence-corrected chi connectivity index (χ4v) is 4.11. The number of ether oxygens (including phenoxy) is 3. The monoisotopic (exact) mass is 523 g/mol. The maximum absolute atomic E-state index is 13.6. The molecule has 7 nitrogen and oxygen atoms in total. The van der Waals surface area contributed by atoms with Crippen molar-refractivity contribution in [3.63, 3.8) is 0 Å². The predicted molar refractivity (Wildman–Crippen MR) is 124 cm³/mol. The third-order valence-corrected chi connectivity index (χ3v) is 5.92. The van der Waals surface area contributed by atoms with Crippen LogP contribution < -0.4 is 19.0 Å². The van der Waals surface area contributed by atoms with E-state index in [4.69, 9.17) is 4.74 Å². The minimum atomic E-state index is -4.84. The van der Waals surface area contributed by atoms with E-state index in [0.717, 1.165) is 22.6 Å². The molecule has 0 radical (unpaired) electrons. The van der Waals surface area contributed by atoms with Gasteiger partial charge in [-0.15, -0.1) is 11.3 Å². The van der Waals surface area contributed by atoms with Gasteiger partial charge in [0, 0.05) is 30.7 Å². The summed E-state index contributed by atoms with van der Waals surface area (Å²) in [5, 5.41) is 0. The Labute approximate surface area is 207 Å². The van der Waals surface area contributed by atoms with Crippen LogP contribution in [0.1, 0.15) is 10.4 Å². The van der Waals surface area contributed by atoms with Crippen molar-refractivity contribution in [1.29, 1.82) is 0 Å². The fraction of sp³-hybridized carbons (Fsp3) is 0.250. The number of benzene rings is 2. The second-order valence-electron chi connectivity index (χ2n) is 7.86. The number of hydrogen-bond acceptors (Lipinski definition) is 5. The number of carbonyl (C=O) groups excluding carboxylic acids is 1. The van der Waals surface area contributed by atoms with Crippen molar-refractivity contribution < 1.29 is 36.6 Å². The molecule has 0 N–H and O–H groups in total. The van der Waals surface area contributed by atoms with E-state index in [1.165, 1.54) is 26.9 Å². The van der Waals surface area contributed by atoms with Crippen molar-refractivity contribution in [2.75, 3.05) is 13.7 Å². The third kappa shape index (κ3) is 5.23. The second-order valence-corrected chi connectivity index (χ2v) is 9.07. The van der Waals surface area contributed by atoms with E-state index >= 15 is 0 Å². The van der Waals surface area contributed by atoms with Crippen molar-refractivity contribution in [1.82, 2.24) is 9.47 Å². The number of aromatic nitrogens is 1. The summed E-state index contributed by atoms with van der Waals surface area (Å²) in [5.74, 6) is -0.416. The van der Waals surface area contributed by atoms with Gasteiger partial charge in [0.2, 0.25) is 0 Å². The van der Waals surface area contributed by atoms with Gasteiger partial charge in [0.05, 0.1) is 5.69 Å². The Hall–Kier alpha value is -3.80. The Morgan fingerprint density at radius 2 is 1.81 bits per heavy atom. The van der Waals surface area contributed by atoms with Crippen LogP contribution in [0.2, 0.25) is 0 Å². The van der Waals surface area contributed by atoms with Gasteiger partial charge in [0.1, 0.15) is 12.4 Å². The zero-order valence-corrected chi connectivity index (χ0v) is 20.0. The van der Waals surface area contributed by atoms with Crippen molar-refractivity contribution in [3.05, 3.63) is 76.6 Å². The Kier molecular flexibility index (Phi) is 6.81. The van der Waals surface area contributed by atoms with E-state index in [-0.39, 0.29) is 17.0 Å². The first-order valence-electron chi connectivity index (χ1n) is 10.6. The number of hydrogen-bond donors (Lipinski definition) is 0. The number of rotatable bonds is 6. The molecular formula is C24H21F4N3O4S. The minimum absolute atomic E-state index is 0.256. The summed E-state index contributed by atoms with van der Waals surface area (Å²) in [4.78, 5) is 19.4. The smallest absolute Gasteiger partial charge is 0.490 e. The zero-order valence-electron chi connectivity index (χ0n) is 19.2. The number of halogens is 4. The molecule has 1 aliphatic rings. The zero-order chi connectivity index (χ0) is 26.1. The summed E-state index contributed by atoms with van der Waals surface area (Å²) in [6.45, 7) is 6.03. The summed E-state index contributed by atoms with van der Waals surface area (Å²) >= 11 is 1.19. The van der Waals surface area contributed by atoms with E-state index < -0.39 is 29.7 Å². The van der Waals surface area contributed by atoms with E-state index in [9.17, 15) is 22.4 Å². The molecule has 1 aromatic heterocycles. The van der Waals surface area contributed by atoms with Gasteiger partial charge in [-0.1, -0.05) is 24.8 Å². The first kappa shape index (κ1) is 25.3. The third-order valence-electron chi connectivity index (χ3n) is 5.02. The Bertz CT molecular complexity index is 1350. The number of thiazole rings is 1. The van der Waals surface area contributed by atoms with Crippen molar-refractivity contribution in [3.8, 4) is 22.9 Å². The highest BCUT2D eigenvalue weighted by atomic mass is 32.1. The molecule has 0 atom stereocenters. The van der Waals surface area contributed by atoms with Crippen LogP contribution in [0, 0.1) is 6.92 Å². The van der Waals surface area contributed by atoms with Crippen LogP contribution >= 0.6 is 11.3 Å². The maximum Gasteiger partial charge on any atom is 0.507 e. The van der Waals surface area contributed by atoms with E-state index in [1.54, 1.807) is 38.4 Å². The molecular weight excluding hydrogens is 502 g/mol. The molecule has 12 heteroatoms. The Morgan fingerprint density at radius 3 is 2.47 bits per heavy atom. The van der Waals surface area contributed by atoms with E-state index in [2.05, 4.69) is 21.0 Å². The number of aryl methyl sites for hydroxylation is 1. The van der Waals surface area contributed by atoms with Crippen LogP contribution in [-0.4, -0.2) is 41.4 Å². The van der Waals surface area contributed by atoms with Gasteiger partial charge in [-0.25, -0.2) is 4.79 Å². The van der Waals surface area contributed by atoms with Gasteiger partial charge in [0.25, 0.3) is 0 Å². The molecule has 0 spiro atoms. The van der Waals surface area contributed by atoms with Crippen molar-refractivity contribution >= 4 is 17.4 Å². The fourth-order valence-electron chi connectivity index (χ4n) is 3.28. The lowest BCUT2D eigenvalue weighted by Crippen LogP contribution is -2.52. The average Bonchev–Trinajstić information content (AvgIpc) is 3.18. The molecule has 2 heterocycles. The Morgan fingerprint density at radius 1 is 1.14 bits per heavy atom. The molecule has 0 saturated heterocycles. The van der Waals surface area contributed by atoms with Crippen molar-refractivity contribution in [2.24, 2.45) is 4.99 Å². The van der Waals surface area contributed by atoms with Gasteiger partial charge >= 0.3 is 18.2 Å². The molecule has 4 rings (SSSR count). The molecule has 0 bridgehead atoms. The molecule has 0 aliphatic carbocycles. The molecule has 2 amide bonds. The molecule has 1 aliphatic heterocycles. The molecule has 3 aromatic rings. The predicted octanol–water partition coefficient (Wildman–Crippen LogP) is 5.52. The van der Waals surface area contributed by atoms with Crippen LogP contribution in [0.4, 0.5) is 22.4 Å². The first-order chi connectivity index (χ1) is 17.0. The summed E-state index contributed by atoms with van der Waals surface area (Å²) in [6.07, 6.45) is -6.37. The first-order valence-corrected chi connectivity index (χ1v) is 11.4. The number of amides is 2. The van der Waals surface area contributed by atoms with E-state index in [0.29, 0.717) is 12.4 Å². The highest BCUT2D eigenvalue weighted by Gasteiger charge is 2.65. The standard InChI is InChI=1S/C24H21F4N3O4S/c1-4-11-33-18-8-5-16(6-9-18)14-30(3)21(32)29-22-31(13-15(2)36-22)17-7-10-19-20(12-17)35-24(27,28)23(25,26)34-19/h4-10,12-13H,1,11,14H2,2-3H3. The summed E-state index contributed by atoms with van der Waals surface area (Å²) in [7, 11) is 1.59. The van der Waals surface area contributed by atoms with Crippen LogP contribution in [0.25, 0.3) is 5.69 Å². The minimum Gasteiger partial charge on any atom is -0.490 e. The quantitative estimate of drug-likeness (QED) is 0.315. The average molecular weight is 524 g/mol. The lowest BCUT2D eigenvalue weighted by Gasteiger charge is -2.31. The van der Waals surface area contributed by atoms with Gasteiger partial charge in [0.15, 0.2) is 16.3 Å². The van der Waals surface area contributed by atoms with E-state index in [1.807, 2.05) is 12.1 Å². The summed E-state index contributed by atoms with van der Waals surface area (Å²) in [6, 6.07) is 10.3. The number of nitrogens with zero attached hydrogens (tertiary/aromatic N) is 3. The largest absolute Gasteiger partial charge is 0.507 e. The topological polar surface area (TPSA) is 65.3 Å². The molecule has 2 aromatic carbocycles. The van der Waals surface area contributed by atoms with Gasteiger partial charge in [-0.3, -0.25) is 4.57 Å². The highest BCUT2D eigenvalue weighted by molar-refractivity contribution is 7.09. The Balaban J connectivity index is 1.56. The number of fused-ring (bicyclic) bond motifs is 1. The van der Waals surface area contributed by atoms with Crippen LogP contribution in [0.3, 0.4) is 0 Å². The van der Waals surface area contributed by atoms with Gasteiger partial charge in [-0.05, 0) is 36.8 Å². The molecule has 190 valence electrons. The highest BCUT2D eigenvalue weighted by Crippen LogP contribution is 2.47. The van der Waals surface area contributed by atoms with Crippen LogP contribution in [-0.2, 0) is 6.54 Å². The second kappa shape index (κ2) is 9.69. The van der Waals surface area contributed by atoms with Gasteiger partial charge < -0.3 is 19.1 Å². The maximum atomic E-state index is 13.6. The van der Waals surface area contributed by atoms with Crippen molar-refractivity contribution in [2.45, 2.75) is 25.7 Å². The number of urea groups is 1. The van der Waals surface area contributed by atoms with Gasteiger partial charge in [-0.2, -0.15) is 22.6 Å². The lowest BCUT2D eigenvalue weighted by atomic mass is 10.2. The normalized spacial score (nSPS) is 15.9. The number of carbonyl (C=O) groups is 1. The summed E-state index contributed by atoms with van der Waals surface area (Å²) < 4.78 is 69.4. The molecule has 0 fully saturated rings. The summed E-state index contributed by atoms with van der Waals surface area (Å²) in [5.41, 5.74) is 1.12. The van der Waals surface area contributed by atoms with Crippen LogP contribution in [0.5, 0.6) is 17.2 Å². The van der Waals surface area contributed by atoms with Crippen LogP contribution in [0.15, 0.2) is 66.3 Å². The molecule has 0 unspecified atom stereocenters. The number of alkyl halides is 4. The molecule has 36 heavy (non-hydrogen) atoms. The molecule has 0 saturated carbocycles.